The average molecular weight is 405 g/mol. The molecular weight excluding hydrogens is 376 g/mol. The van der Waals surface area contributed by atoms with Crippen molar-refractivity contribution in [1.29, 1.82) is 0 Å². The third-order valence-corrected chi connectivity index (χ3v) is 5.44. The van der Waals surface area contributed by atoms with Gasteiger partial charge in [0.1, 0.15) is 0 Å². The predicted molar refractivity (Wildman–Crippen MR) is 116 cm³/mol. The van der Waals surface area contributed by atoms with Gasteiger partial charge in [-0.25, -0.2) is 0 Å². The number of carbonyl (C=O) groups excluding carboxylic acids is 1. The fourth-order valence-electron chi connectivity index (χ4n) is 3.84. The molecule has 30 heavy (non-hydrogen) atoms. The Kier molecular flexibility index (Phi) is 6.42. The van der Waals surface area contributed by atoms with Crippen LogP contribution in [0.2, 0.25) is 0 Å². The number of rotatable bonds is 7. The molecule has 0 saturated carbocycles. The van der Waals surface area contributed by atoms with Crippen molar-refractivity contribution < 1.29 is 9.32 Å². The van der Waals surface area contributed by atoms with Crippen LogP contribution >= 0.6 is 0 Å². The smallest absolute Gasteiger partial charge is 0.242 e. The number of nitrogens with zero attached hydrogens (tertiary/aromatic N) is 4. The Morgan fingerprint density at radius 3 is 2.63 bits per heavy atom. The first-order chi connectivity index (χ1) is 14.7. The minimum atomic E-state index is 0.157. The fraction of sp³-hybridized carbons (Fsp3) is 0.375. The van der Waals surface area contributed by atoms with E-state index >= 15 is 0 Å². The van der Waals surface area contributed by atoms with E-state index in [1.54, 1.807) is 0 Å². The lowest BCUT2D eigenvalue weighted by atomic mass is 10.1. The van der Waals surface area contributed by atoms with Gasteiger partial charge in [0.05, 0.1) is 19.5 Å². The van der Waals surface area contributed by atoms with Gasteiger partial charge in [-0.2, -0.15) is 4.98 Å². The molecule has 0 atom stereocenters. The van der Waals surface area contributed by atoms with Crippen LogP contribution in [0.5, 0.6) is 0 Å². The topological polar surface area (TPSA) is 62.5 Å². The lowest BCUT2D eigenvalue weighted by Crippen LogP contribution is -2.42. The van der Waals surface area contributed by atoms with E-state index in [1.165, 1.54) is 6.42 Å². The van der Waals surface area contributed by atoms with E-state index in [9.17, 15) is 4.79 Å². The minimum Gasteiger partial charge on any atom is -0.355 e. The van der Waals surface area contributed by atoms with Gasteiger partial charge in [0.15, 0.2) is 5.82 Å². The molecule has 6 heteroatoms. The van der Waals surface area contributed by atoms with Gasteiger partial charge in [-0.05, 0) is 49.4 Å². The molecular formula is C24H28N4O2. The molecule has 1 aliphatic rings. The fourth-order valence-corrected chi connectivity index (χ4v) is 3.84. The molecule has 0 N–H and O–H groups in total. The molecule has 0 unspecified atom stereocenters. The number of aryl methyl sites for hydroxylation is 1. The largest absolute Gasteiger partial charge is 0.355 e. The molecule has 3 aromatic rings. The molecule has 0 radical (unpaired) electrons. The maximum absolute atomic E-state index is 12.9. The second-order valence-electron chi connectivity index (χ2n) is 7.90. The van der Waals surface area contributed by atoms with Crippen molar-refractivity contribution >= 4 is 11.6 Å². The monoisotopic (exact) mass is 404 g/mol. The van der Waals surface area contributed by atoms with Crippen LogP contribution in [-0.2, 0) is 17.8 Å². The van der Waals surface area contributed by atoms with Crippen LogP contribution < -0.4 is 4.90 Å². The highest BCUT2D eigenvalue weighted by Crippen LogP contribution is 2.19. The van der Waals surface area contributed by atoms with Crippen LogP contribution in [0.25, 0.3) is 0 Å². The maximum atomic E-state index is 12.9. The normalized spacial score (nSPS) is 14.0. The zero-order valence-corrected chi connectivity index (χ0v) is 17.5. The van der Waals surface area contributed by atoms with Gasteiger partial charge in [-0.3, -0.25) is 4.79 Å². The Bertz CT molecular complexity index is 964. The highest BCUT2D eigenvalue weighted by Gasteiger charge is 2.21. The maximum Gasteiger partial charge on any atom is 0.242 e. The van der Waals surface area contributed by atoms with Gasteiger partial charge in [0.2, 0.25) is 11.8 Å². The van der Waals surface area contributed by atoms with Crippen LogP contribution in [0.15, 0.2) is 59.1 Å². The van der Waals surface area contributed by atoms with Gasteiger partial charge in [-0.1, -0.05) is 47.6 Å². The molecule has 156 valence electrons. The lowest BCUT2D eigenvalue weighted by Gasteiger charge is -2.30. The molecule has 1 fully saturated rings. The number of hydrogen-bond donors (Lipinski definition) is 0. The van der Waals surface area contributed by atoms with Gasteiger partial charge in [-0.15, -0.1) is 0 Å². The van der Waals surface area contributed by atoms with Crippen LogP contribution in [0.4, 0.5) is 5.69 Å². The van der Waals surface area contributed by atoms with Crippen molar-refractivity contribution in [1.82, 2.24) is 15.0 Å². The number of hydrogen-bond acceptors (Lipinski definition) is 5. The van der Waals surface area contributed by atoms with Crippen LogP contribution in [0.1, 0.15) is 42.1 Å². The quantitative estimate of drug-likeness (QED) is 0.596. The number of benzene rings is 2. The van der Waals surface area contributed by atoms with Gasteiger partial charge in [0.25, 0.3) is 0 Å². The Balaban J connectivity index is 1.49. The van der Waals surface area contributed by atoms with E-state index in [2.05, 4.69) is 29.2 Å². The number of aromatic nitrogens is 2. The molecule has 2 aromatic carbocycles. The number of anilines is 1. The number of carbonyl (C=O) groups is 1. The molecule has 1 aliphatic heterocycles. The molecule has 0 spiro atoms. The molecule has 6 nitrogen and oxygen atoms in total. The summed E-state index contributed by atoms with van der Waals surface area (Å²) < 4.78 is 5.47. The molecule has 2 heterocycles. The van der Waals surface area contributed by atoms with Crippen LogP contribution in [0.3, 0.4) is 0 Å². The van der Waals surface area contributed by atoms with Crippen molar-refractivity contribution in [3.63, 3.8) is 0 Å². The van der Waals surface area contributed by atoms with E-state index < -0.39 is 0 Å². The summed E-state index contributed by atoms with van der Waals surface area (Å²) in [5, 5.41) is 4.17. The molecule has 0 aliphatic carbocycles. The zero-order valence-electron chi connectivity index (χ0n) is 17.5. The summed E-state index contributed by atoms with van der Waals surface area (Å²) in [6.45, 7) is 4.50. The van der Waals surface area contributed by atoms with E-state index in [0.717, 1.165) is 42.7 Å². The van der Waals surface area contributed by atoms with E-state index in [1.807, 2.05) is 52.3 Å². The SMILES string of the molecule is Cc1cccc(N(CC(=O)N2CCCCC2)Cc2noc(Cc3ccccc3)n2)c1. The molecule has 1 saturated heterocycles. The van der Waals surface area contributed by atoms with Gasteiger partial charge in [0, 0.05) is 18.8 Å². The number of piperidine rings is 1. The predicted octanol–water partition coefficient (Wildman–Crippen LogP) is 3.99. The van der Waals surface area contributed by atoms with Gasteiger partial charge < -0.3 is 14.3 Å². The van der Waals surface area contributed by atoms with Crippen LogP contribution in [0, 0.1) is 6.92 Å². The summed E-state index contributed by atoms with van der Waals surface area (Å²) in [6, 6.07) is 18.3. The Hall–Kier alpha value is -3.15. The van der Waals surface area contributed by atoms with Crippen molar-refractivity contribution in [2.24, 2.45) is 0 Å². The van der Waals surface area contributed by atoms with E-state index in [-0.39, 0.29) is 5.91 Å². The summed E-state index contributed by atoms with van der Waals surface area (Å²) in [5.74, 6) is 1.33. The highest BCUT2D eigenvalue weighted by molar-refractivity contribution is 5.81. The Morgan fingerprint density at radius 1 is 1.07 bits per heavy atom. The minimum absolute atomic E-state index is 0.157. The lowest BCUT2D eigenvalue weighted by molar-refractivity contribution is -0.130. The van der Waals surface area contributed by atoms with Crippen molar-refractivity contribution in [3.8, 4) is 0 Å². The Morgan fingerprint density at radius 2 is 1.87 bits per heavy atom. The zero-order chi connectivity index (χ0) is 20.8. The first kappa shape index (κ1) is 20.1. The molecule has 1 aromatic heterocycles. The number of amides is 1. The molecule has 1 amide bonds. The third kappa shape index (κ3) is 5.26. The van der Waals surface area contributed by atoms with E-state index in [0.29, 0.717) is 31.2 Å². The van der Waals surface area contributed by atoms with Crippen molar-refractivity contribution in [2.75, 3.05) is 24.5 Å². The van der Waals surface area contributed by atoms with E-state index in [4.69, 9.17) is 4.52 Å². The summed E-state index contributed by atoms with van der Waals surface area (Å²) in [6.07, 6.45) is 3.98. The molecule has 0 bridgehead atoms. The second-order valence-corrected chi connectivity index (χ2v) is 7.90. The average Bonchev–Trinajstić information content (AvgIpc) is 3.21. The highest BCUT2D eigenvalue weighted by atomic mass is 16.5. The second kappa shape index (κ2) is 9.57. The number of likely N-dealkylation sites (tertiary alicyclic amines) is 1. The van der Waals surface area contributed by atoms with Gasteiger partial charge >= 0.3 is 0 Å². The summed E-state index contributed by atoms with van der Waals surface area (Å²) in [5.41, 5.74) is 3.28. The Labute approximate surface area is 177 Å². The third-order valence-electron chi connectivity index (χ3n) is 5.44. The standard InChI is InChI=1S/C24H28N4O2/c1-19-9-8-12-21(15-19)28(18-24(29)27-13-6-3-7-14-27)17-22-25-23(30-26-22)16-20-10-4-2-5-11-20/h2,4-5,8-12,15H,3,6-7,13-14,16-18H2,1H3. The first-order valence-electron chi connectivity index (χ1n) is 10.6. The summed E-state index contributed by atoms with van der Waals surface area (Å²) in [4.78, 5) is 21.5. The summed E-state index contributed by atoms with van der Waals surface area (Å²) >= 11 is 0. The van der Waals surface area contributed by atoms with Crippen molar-refractivity contribution in [3.05, 3.63) is 77.4 Å². The first-order valence-corrected chi connectivity index (χ1v) is 10.6. The van der Waals surface area contributed by atoms with Crippen LogP contribution in [-0.4, -0.2) is 40.6 Å². The molecule has 4 rings (SSSR count). The summed E-state index contributed by atoms with van der Waals surface area (Å²) in [7, 11) is 0. The van der Waals surface area contributed by atoms with Crippen molar-refractivity contribution in [2.45, 2.75) is 39.2 Å².